The maximum atomic E-state index is 10.8. The highest BCUT2D eigenvalue weighted by molar-refractivity contribution is 7.92. The molecule has 0 fully saturated rings. The fourth-order valence-corrected chi connectivity index (χ4v) is 1.39. The lowest BCUT2D eigenvalue weighted by Crippen LogP contribution is -2.09. The summed E-state index contributed by atoms with van der Waals surface area (Å²) < 4.78 is 28.9. The molecule has 13 heavy (non-hydrogen) atoms. The number of ether oxygens (including phenoxy) is 1. The highest BCUT2D eigenvalue weighted by Gasteiger charge is 2.01. The number of sulfonamides is 1. The normalized spacial score (nSPS) is 10.9. The van der Waals surface area contributed by atoms with Gasteiger partial charge in [0.25, 0.3) is 0 Å². The average molecular weight is 200 g/mol. The fraction of sp³-hybridized carbons (Fsp3) is 0.250. The molecule has 0 spiro atoms. The van der Waals surface area contributed by atoms with E-state index >= 15 is 0 Å². The summed E-state index contributed by atoms with van der Waals surface area (Å²) in [5, 5.41) is 0. The van der Waals surface area contributed by atoms with E-state index in [1.54, 1.807) is 12.1 Å². The molecule has 0 aliphatic heterocycles. The molecule has 0 bridgehead atoms. The molecule has 0 aliphatic rings. The zero-order chi connectivity index (χ0) is 9.90. The molecule has 71 valence electrons. The molecule has 1 radical (unpaired) electrons. The third-order valence-electron chi connectivity index (χ3n) is 1.30. The molecule has 1 aromatic rings. The summed E-state index contributed by atoms with van der Waals surface area (Å²) in [6.45, 7) is 0. The minimum Gasteiger partial charge on any atom is -0.497 e. The van der Waals surface area contributed by atoms with Crippen LogP contribution in [-0.4, -0.2) is 21.8 Å². The van der Waals surface area contributed by atoms with Crippen molar-refractivity contribution in [1.29, 1.82) is 0 Å². The Bertz CT molecular complexity index is 386. The fourth-order valence-electron chi connectivity index (χ4n) is 0.841. The topological polar surface area (TPSA) is 55.4 Å². The lowest BCUT2D eigenvalue weighted by atomic mass is 10.3. The van der Waals surface area contributed by atoms with Crippen LogP contribution < -0.4 is 9.46 Å². The Morgan fingerprint density at radius 3 is 2.69 bits per heavy atom. The Labute approximate surface area is 77.6 Å². The van der Waals surface area contributed by atoms with Crippen molar-refractivity contribution in [2.24, 2.45) is 0 Å². The predicted octanol–water partition coefficient (Wildman–Crippen LogP) is 0.867. The van der Waals surface area contributed by atoms with Gasteiger partial charge in [-0.05, 0) is 18.2 Å². The van der Waals surface area contributed by atoms with Crippen LogP contribution in [0, 0.1) is 6.07 Å². The molecular formula is C8H10NO3S. The maximum Gasteiger partial charge on any atom is 0.229 e. The van der Waals surface area contributed by atoms with Gasteiger partial charge in [0.15, 0.2) is 0 Å². The van der Waals surface area contributed by atoms with Crippen molar-refractivity contribution < 1.29 is 13.2 Å². The van der Waals surface area contributed by atoms with Crippen LogP contribution in [0.2, 0.25) is 0 Å². The molecule has 1 aromatic carbocycles. The minimum absolute atomic E-state index is 0.446. The Hall–Kier alpha value is -1.23. The van der Waals surface area contributed by atoms with Crippen molar-refractivity contribution in [3.8, 4) is 5.75 Å². The van der Waals surface area contributed by atoms with Crippen LogP contribution in [0.1, 0.15) is 0 Å². The number of hydrogen-bond donors (Lipinski definition) is 1. The van der Waals surface area contributed by atoms with E-state index in [-0.39, 0.29) is 0 Å². The van der Waals surface area contributed by atoms with Gasteiger partial charge in [0.1, 0.15) is 5.75 Å². The smallest absolute Gasteiger partial charge is 0.229 e. The standard InChI is InChI=1S/C8H10NO3S/c1-12-8-5-3-4-7(6-8)9-13(2,10)11/h4-6,9H,1-2H3. The van der Waals surface area contributed by atoms with Gasteiger partial charge in [-0.1, -0.05) is 0 Å². The number of methoxy groups -OCH3 is 1. The quantitative estimate of drug-likeness (QED) is 0.787. The second-order valence-electron chi connectivity index (χ2n) is 2.54. The number of rotatable bonds is 3. The summed E-state index contributed by atoms with van der Waals surface area (Å²) in [5.74, 6) is 0.564. The van der Waals surface area contributed by atoms with Crippen molar-refractivity contribution >= 4 is 15.7 Å². The molecule has 0 amide bonds. The van der Waals surface area contributed by atoms with Gasteiger partial charge in [0.2, 0.25) is 10.0 Å². The monoisotopic (exact) mass is 200 g/mol. The Morgan fingerprint density at radius 2 is 2.15 bits per heavy atom. The number of hydrogen-bond acceptors (Lipinski definition) is 3. The van der Waals surface area contributed by atoms with Crippen molar-refractivity contribution in [3.05, 3.63) is 24.3 Å². The molecule has 0 saturated carbocycles. The SMILES string of the molecule is COc1c[c]cc(NS(C)(=O)=O)c1. The van der Waals surface area contributed by atoms with Crippen LogP contribution in [0.4, 0.5) is 5.69 Å². The highest BCUT2D eigenvalue weighted by atomic mass is 32.2. The van der Waals surface area contributed by atoms with Crippen molar-refractivity contribution in [2.45, 2.75) is 0 Å². The molecular weight excluding hydrogens is 190 g/mol. The van der Waals surface area contributed by atoms with E-state index in [0.29, 0.717) is 11.4 Å². The van der Waals surface area contributed by atoms with E-state index < -0.39 is 10.0 Å². The number of benzene rings is 1. The van der Waals surface area contributed by atoms with Crippen LogP contribution in [0.15, 0.2) is 18.2 Å². The lowest BCUT2D eigenvalue weighted by Gasteiger charge is -2.04. The lowest BCUT2D eigenvalue weighted by molar-refractivity contribution is 0.415. The van der Waals surface area contributed by atoms with Gasteiger partial charge < -0.3 is 4.74 Å². The third kappa shape index (κ3) is 3.33. The van der Waals surface area contributed by atoms with Crippen LogP contribution in [-0.2, 0) is 10.0 Å². The van der Waals surface area contributed by atoms with Gasteiger partial charge in [-0.3, -0.25) is 4.72 Å². The summed E-state index contributed by atoms with van der Waals surface area (Å²) in [6, 6.07) is 7.48. The van der Waals surface area contributed by atoms with Gasteiger partial charge in [-0.25, -0.2) is 8.42 Å². The van der Waals surface area contributed by atoms with Gasteiger partial charge in [0.05, 0.1) is 19.1 Å². The van der Waals surface area contributed by atoms with E-state index in [1.807, 2.05) is 0 Å². The van der Waals surface area contributed by atoms with E-state index in [2.05, 4.69) is 10.8 Å². The Kier molecular flexibility index (Phi) is 2.77. The molecule has 5 heteroatoms. The molecule has 0 atom stereocenters. The van der Waals surface area contributed by atoms with Crippen LogP contribution >= 0.6 is 0 Å². The van der Waals surface area contributed by atoms with Gasteiger partial charge in [-0.15, -0.1) is 0 Å². The van der Waals surface area contributed by atoms with Gasteiger partial charge in [-0.2, -0.15) is 0 Å². The Morgan fingerprint density at radius 1 is 1.46 bits per heavy atom. The van der Waals surface area contributed by atoms with Crippen LogP contribution in [0.5, 0.6) is 5.75 Å². The largest absolute Gasteiger partial charge is 0.497 e. The molecule has 0 aliphatic carbocycles. The van der Waals surface area contributed by atoms with Crippen molar-refractivity contribution in [3.63, 3.8) is 0 Å². The molecule has 0 unspecified atom stereocenters. The second-order valence-corrected chi connectivity index (χ2v) is 4.28. The first kappa shape index (κ1) is 9.85. The van der Waals surface area contributed by atoms with E-state index in [9.17, 15) is 8.42 Å². The molecule has 0 saturated heterocycles. The summed E-state index contributed by atoms with van der Waals surface area (Å²) in [7, 11) is -1.72. The average Bonchev–Trinajstić information content (AvgIpc) is 2.01. The first-order valence-electron chi connectivity index (χ1n) is 3.54. The Balaban J connectivity index is 2.90. The molecule has 1 N–H and O–H groups in total. The number of nitrogens with one attached hydrogen (secondary N) is 1. The zero-order valence-corrected chi connectivity index (χ0v) is 8.18. The predicted molar refractivity (Wildman–Crippen MR) is 50.3 cm³/mol. The van der Waals surface area contributed by atoms with Gasteiger partial charge >= 0.3 is 0 Å². The van der Waals surface area contributed by atoms with E-state index in [4.69, 9.17) is 4.74 Å². The number of anilines is 1. The van der Waals surface area contributed by atoms with Gasteiger partial charge in [0, 0.05) is 6.07 Å². The van der Waals surface area contributed by atoms with E-state index in [0.717, 1.165) is 6.26 Å². The minimum atomic E-state index is -3.23. The molecule has 4 nitrogen and oxygen atoms in total. The second kappa shape index (κ2) is 3.66. The third-order valence-corrected chi connectivity index (χ3v) is 1.91. The molecule has 0 aromatic heterocycles. The maximum absolute atomic E-state index is 10.8. The first-order valence-corrected chi connectivity index (χ1v) is 5.43. The first-order chi connectivity index (χ1) is 6.01. The highest BCUT2D eigenvalue weighted by Crippen LogP contribution is 2.16. The van der Waals surface area contributed by atoms with Crippen molar-refractivity contribution in [2.75, 3.05) is 18.1 Å². The van der Waals surface area contributed by atoms with Crippen LogP contribution in [0.25, 0.3) is 0 Å². The van der Waals surface area contributed by atoms with Crippen LogP contribution in [0.3, 0.4) is 0 Å². The van der Waals surface area contributed by atoms with E-state index in [1.165, 1.54) is 13.2 Å². The summed E-state index contributed by atoms with van der Waals surface area (Å²) in [4.78, 5) is 0. The summed E-state index contributed by atoms with van der Waals surface area (Å²) in [6.07, 6.45) is 1.09. The zero-order valence-electron chi connectivity index (χ0n) is 7.37. The van der Waals surface area contributed by atoms with Crippen molar-refractivity contribution in [1.82, 2.24) is 0 Å². The summed E-state index contributed by atoms with van der Waals surface area (Å²) in [5.41, 5.74) is 0.446. The molecule has 1 rings (SSSR count). The summed E-state index contributed by atoms with van der Waals surface area (Å²) >= 11 is 0. The molecule has 0 heterocycles.